The van der Waals surface area contributed by atoms with Gasteiger partial charge >= 0.3 is 0 Å². The van der Waals surface area contributed by atoms with E-state index in [1.54, 1.807) is 12.1 Å². The number of hydrogen-bond donors (Lipinski definition) is 1. The molecule has 1 heterocycles. The van der Waals surface area contributed by atoms with E-state index in [1.165, 1.54) is 21.3 Å². The van der Waals surface area contributed by atoms with Gasteiger partial charge in [0.25, 0.3) is 0 Å². The Hall–Kier alpha value is -0.980. The Labute approximate surface area is 156 Å². The molecular formula is C20H23FINO. The van der Waals surface area contributed by atoms with E-state index in [-0.39, 0.29) is 11.7 Å². The van der Waals surface area contributed by atoms with Crippen molar-refractivity contribution in [1.29, 1.82) is 0 Å². The second-order valence-electron chi connectivity index (χ2n) is 6.56. The molecule has 0 radical (unpaired) electrons. The van der Waals surface area contributed by atoms with Crippen LogP contribution in [-0.4, -0.2) is 29.6 Å². The number of likely N-dealkylation sites (tertiary alicyclic amines) is 1. The molecule has 4 heteroatoms. The molecule has 0 aliphatic carbocycles. The maximum Gasteiger partial charge on any atom is 0.123 e. The maximum atomic E-state index is 13.0. The van der Waals surface area contributed by atoms with Crippen LogP contribution >= 0.6 is 22.6 Å². The normalized spacial score (nSPS) is 17.8. The van der Waals surface area contributed by atoms with Crippen molar-refractivity contribution >= 4 is 22.6 Å². The number of aliphatic hydroxyl groups excluding tert-OH is 1. The molecule has 0 bridgehead atoms. The first-order valence-corrected chi connectivity index (χ1v) is 9.60. The Morgan fingerprint density at radius 1 is 1.12 bits per heavy atom. The summed E-state index contributed by atoms with van der Waals surface area (Å²) in [5.74, 6) is 0.0146. The number of aliphatic hydroxyl groups is 1. The van der Waals surface area contributed by atoms with E-state index in [0.29, 0.717) is 0 Å². The van der Waals surface area contributed by atoms with Gasteiger partial charge in [-0.3, -0.25) is 0 Å². The van der Waals surface area contributed by atoms with Gasteiger partial charge in [0.1, 0.15) is 5.82 Å². The third-order valence-electron chi connectivity index (χ3n) is 4.90. The molecule has 2 aromatic carbocycles. The Morgan fingerprint density at radius 3 is 2.50 bits per heavy atom. The zero-order chi connectivity index (χ0) is 16.9. The molecule has 1 N–H and O–H groups in total. The molecule has 0 spiro atoms. The predicted octanol–water partition coefficient (Wildman–Crippen LogP) is 4.42. The predicted molar refractivity (Wildman–Crippen MR) is 103 cm³/mol. The van der Waals surface area contributed by atoms with E-state index in [1.807, 2.05) is 0 Å². The van der Waals surface area contributed by atoms with Crippen LogP contribution in [0, 0.1) is 15.3 Å². The molecule has 2 aromatic rings. The van der Waals surface area contributed by atoms with Crippen molar-refractivity contribution in [2.24, 2.45) is 5.92 Å². The van der Waals surface area contributed by atoms with Gasteiger partial charge in [-0.2, -0.15) is 0 Å². The summed E-state index contributed by atoms with van der Waals surface area (Å²) in [6.45, 7) is 3.11. The second kappa shape index (κ2) is 8.41. The van der Waals surface area contributed by atoms with Crippen molar-refractivity contribution in [3.05, 3.63) is 69.0 Å². The highest BCUT2D eigenvalue weighted by Crippen LogP contribution is 2.30. The minimum atomic E-state index is -0.483. The smallest absolute Gasteiger partial charge is 0.123 e. The summed E-state index contributed by atoms with van der Waals surface area (Å²) >= 11 is 2.35. The van der Waals surface area contributed by atoms with E-state index in [9.17, 15) is 9.50 Å². The average molecular weight is 439 g/mol. The summed E-state index contributed by atoms with van der Waals surface area (Å²) in [7, 11) is 0. The van der Waals surface area contributed by atoms with Crippen LogP contribution < -0.4 is 0 Å². The Balaban J connectivity index is 1.47. The zero-order valence-corrected chi connectivity index (χ0v) is 15.8. The molecule has 1 saturated heterocycles. The number of nitrogens with zero attached hydrogens (tertiary/aromatic N) is 1. The Kier molecular flexibility index (Phi) is 6.25. The van der Waals surface area contributed by atoms with Crippen molar-refractivity contribution < 1.29 is 9.50 Å². The standard InChI is InChI=1S/C20H23FINO/c21-18-6-4-16(5-7-18)20(24)17-9-12-23(13-10-17)11-8-15-2-1-3-19(22)14-15/h1-7,14,17,20,24H,8-13H2/t20-/m1/s1. The third-order valence-corrected chi connectivity index (χ3v) is 5.57. The Bertz CT molecular complexity index is 653. The first-order valence-electron chi connectivity index (χ1n) is 8.52. The van der Waals surface area contributed by atoms with Crippen LogP contribution in [0.3, 0.4) is 0 Å². The monoisotopic (exact) mass is 439 g/mol. The van der Waals surface area contributed by atoms with E-state index >= 15 is 0 Å². The number of hydrogen-bond acceptors (Lipinski definition) is 2. The lowest BCUT2D eigenvalue weighted by atomic mass is 9.87. The first-order chi connectivity index (χ1) is 11.6. The molecule has 0 amide bonds. The molecule has 24 heavy (non-hydrogen) atoms. The summed E-state index contributed by atoms with van der Waals surface area (Å²) in [5.41, 5.74) is 2.21. The zero-order valence-electron chi connectivity index (χ0n) is 13.7. The highest BCUT2D eigenvalue weighted by Gasteiger charge is 2.26. The van der Waals surface area contributed by atoms with Crippen LogP contribution in [0.4, 0.5) is 4.39 Å². The number of halogens is 2. The van der Waals surface area contributed by atoms with E-state index < -0.39 is 6.10 Å². The van der Waals surface area contributed by atoms with Crippen molar-refractivity contribution in [2.75, 3.05) is 19.6 Å². The lowest BCUT2D eigenvalue weighted by Crippen LogP contribution is -2.36. The number of rotatable bonds is 5. The molecule has 1 aliphatic heterocycles. The fourth-order valence-electron chi connectivity index (χ4n) is 3.40. The molecular weight excluding hydrogens is 416 g/mol. The van der Waals surface area contributed by atoms with Crippen LogP contribution in [0.25, 0.3) is 0 Å². The maximum absolute atomic E-state index is 13.0. The van der Waals surface area contributed by atoms with E-state index in [4.69, 9.17) is 0 Å². The van der Waals surface area contributed by atoms with Gasteiger partial charge in [0.15, 0.2) is 0 Å². The van der Waals surface area contributed by atoms with Crippen molar-refractivity contribution in [3.63, 3.8) is 0 Å². The van der Waals surface area contributed by atoms with Crippen molar-refractivity contribution in [3.8, 4) is 0 Å². The van der Waals surface area contributed by atoms with E-state index in [0.717, 1.165) is 44.5 Å². The number of benzene rings is 2. The van der Waals surface area contributed by atoms with Crippen molar-refractivity contribution in [1.82, 2.24) is 4.90 Å². The van der Waals surface area contributed by atoms with Gasteiger partial charge in [0.2, 0.25) is 0 Å². The highest BCUT2D eigenvalue weighted by molar-refractivity contribution is 14.1. The summed E-state index contributed by atoms with van der Waals surface area (Å²) in [6.07, 6.45) is 2.57. The largest absolute Gasteiger partial charge is 0.388 e. The van der Waals surface area contributed by atoms with Crippen LogP contribution in [0.1, 0.15) is 30.1 Å². The minimum absolute atomic E-state index is 0.253. The van der Waals surface area contributed by atoms with Gasteiger partial charge in [-0.25, -0.2) is 4.39 Å². The SMILES string of the molecule is O[C@H](c1ccc(F)cc1)C1CCN(CCc2cccc(I)c2)CC1. The molecule has 1 fully saturated rings. The molecule has 0 saturated carbocycles. The topological polar surface area (TPSA) is 23.5 Å². The number of piperidine rings is 1. The fraction of sp³-hybridized carbons (Fsp3) is 0.400. The Morgan fingerprint density at radius 2 is 1.83 bits per heavy atom. The van der Waals surface area contributed by atoms with Gasteiger partial charge < -0.3 is 10.0 Å². The van der Waals surface area contributed by atoms with Crippen LogP contribution in [-0.2, 0) is 6.42 Å². The molecule has 1 aliphatic rings. The molecule has 3 rings (SSSR count). The average Bonchev–Trinajstić information content (AvgIpc) is 2.61. The summed E-state index contributed by atoms with van der Waals surface area (Å²) in [4.78, 5) is 2.48. The minimum Gasteiger partial charge on any atom is -0.388 e. The quantitative estimate of drug-likeness (QED) is 0.698. The molecule has 1 atom stereocenters. The van der Waals surface area contributed by atoms with Crippen LogP contribution in [0.5, 0.6) is 0 Å². The third kappa shape index (κ3) is 4.77. The molecule has 0 unspecified atom stereocenters. The van der Waals surface area contributed by atoms with Gasteiger partial charge in [-0.05, 0) is 96.3 Å². The van der Waals surface area contributed by atoms with Gasteiger partial charge in [0, 0.05) is 10.1 Å². The lowest BCUT2D eigenvalue weighted by molar-refractivity contribution is 0.0592. The molecule has 0 aromatic heterocycles. The summed E-state index contributed by atoms with van der Waals surface area (Å²) in [5, 5.41) is 10.5. The molecule has 128 valence electrons. The van der Waals surface area contributed by atoms with Crippen LogP contribution in [0.2, 0.25) is 0 Å². The molecule has 2 nitrogen and oxygen atoms in total. The van der Waals surface area contributed by atoms with Gasteiger partial charge in [-0.1, -0.05) is 24.3 Å². The fourth-order valence-corrected chi connectivity index (χ4v) is 4.01. The summed E-state index contributed by atoms with van der Waals surface area (Å²) < 4.78 is 14.3. The van der Waals surface area contributed by atoms with Crippen LogP contribution in [0.15, 0.2) is 48.5 Å². The lowest BCUT2D eigenvalue weighted by Gasteiger charge is -2.34. The second-order valence-corrected chi connectivity index (χ2v) is 7.80. The van der Waals surface area contributed by atoms with E-state index in [2.05, 4.69) is 51.8 Å². The van der Waals surface area contributed by atoms with Gasteiger partial charge in [0.05, 0.1) is 6.10 Å². The highest BCUT2D eigenvalue weighted by atomic mass is 127. The first kappa shape index (κ1) is 17.8. The van der Waals surface area contributed by atoms with Gasteiger partial charge in [-0.15, -0.1) is 0 Å². The van der Waals surface area contributed by atoms with Crippen molar-refractivity contribution in [2.45, 2.75) is 25.4 Å². The summed E-state index contributed by atoms with van der Waals surface area (Å²) in [6, 6.07) is 14.9.